The highest BCUT2D eigenvalue weighted by Gasteiger charge is 2.28. The van der Waals surface area contributed by atoms with Crippen LogP contribution in [-0.4, -0.2) is 58.6 Å². The van der Waals surface area contributed by atoms with Crippen LogP contribution in [0, 0.1) is 0 Å². The SMILES string of the molecule is Cl.O=C(c1n[nH]c2c1CNCC2)N1CCN(Cc2ccc(Cl)s2)CC1. The third kappa shape index (κ3) is 4.01. The summed E-state index contributed by atoms with van der Waals surface area (Å²) in [6.07, 6.45) is 0.909. The highest BCUT2D eigenvalue weighted by molar-refractivity contribution is 7.16. The van der Waals surface area contributed by atoms with E-state index < -0.39 is 0 Å². The molecule has 0 spiro atoms. The Kier molecular flexibility index (Phi) is 6.01. The minimum atomic E-state index is 0. The van der Waals surface area contributed by atoms with Crippen LogP contribution in [0.2, 0.25) is 4.34 Å². The molecule has 2 aromatic rings. The molecular formula is C16H21Cl2N5OS. The maximum atomic E-state index is 12.8. The molecule has 4 heterocycles. The quantitative estimate of drug-likeness (QED) is 0.826. The second-order valence-electron chi connectivity index (χ2n) is 6.23. The van der Waals surface area contributed by atoms with Crippen molar-refractivity contribution in [2.45, 2.75) is 19.5 Å². The molecule has 0 saturated carbocycles. The number of H-pyrrole nitrogens is 1. The Morgan fingerprint density at radius 2 is 2.08 bits per heavy atom. The number of hydrogen-bond donors (Lipinski definition) is 2. The van der Waals surface area contributed by atoms with Crippen LogP contribution in [0.15, 0.2) is 12.1 Å². The molecule has 0 radical (unpaired) electrons. The highest BCUT2D eigenvalue weighted by atomic mass is 35.5. The summed E-state index contributed by atoms with van der Waals surface area (Å²) >= 11 is 7.61. The van der Waals surface area contributed by atoms with Gasteiger partial charge in [0.05, 0.1) is 4.34 Å². The molecule has 25 heavy (non-hydrogen) atoms. The summed E-state index contributed by atoms with van der Waals surface area (Å²) in [5.74, 6) is 0.0509. The fourth-order valence-corrected chi connectivity index (χ4v) is 4.45. The van der Waals surface area contributed by atoms with Crippen LogP contribution < -0.4 is 5.32 Å². The molecule has 0 aliphatic carbocycles. The fraction of sp³-hybridized carbons (Fsp3) is 0.500. The van der Waals surface area contributed by atoms with E-state index in [1.54, 1.807) is 11.3 Å². The van der Waals surface area contributed by atoms with Gasteiger partial charge in [-0.3, -0.25) is 14.8 Å². The number of nitrogens with one attached hydrogen (secondary N) is 2. The van der Waals surface area contributed by atoms with E-state index in [1.165, 1.54) is 4.88 Å². The highest BCUT2D eigenvalue weighted by Crippen LogP contribution is 2.23. The second kappa shape index (κ2) is 8.05. The summed E-state index contributed by atoms with van der Waals surface area (Å²) in [6, 6.07) is 4.02. The first-order valence-electron chi connectivity index (χ1n) is 8.23. The van der Waals surface area contributed by atoms with E-state index in [0.29, 0.717) is 5.69 Å². The largest absolute Gasteiger partial charge is 0.335 e. The van der Waals surface area contributed by atoms with Gasteiger partial charge in [-0.15, -0.1) is 23.7 Å². The topological polar surface area (TPSA) is 64.3 Å². The van der Waals surface area contributed by atoms with Crippen LogP contribution in [0.4, 0.5) is 0 Å². The summed E-state index contributed by atoms with van der Waals surface area (Å²) in [4.78, 5) is 18.3. The number of carbonyl (C=O) groups excluding carboxylic acids is 1. The van der Waals surface area contributed by atoms with E-state index in [2.05, 4.69) is 26.5 Å². The van der Waals surface area contributed by atoms with Crippen LogP contribution in [0.5, 0.6) is 0 Å². The Hall–Kier alpha value is -1.12. The van der Waals surface area contributed by atoms with Crippen molar-refractivity contribution in [1.29, 1.82) is 0 Å². The average Bonchev–Trinajstić information content (AvgIpc) is 3.21. The monoisotopic (exact) mass is 401 g/mol. The Morgan fingerprint density at radius 3 is 2.80 bits per heavy atom. The van der Waals surface area contributed by atoms with Gasteiger partial charge in [0.1, 0.15) is 0 Å². The summed E-state index contributed by atoms with van der Waals surface area (Å²) in [6.45, 7) is 5.82. The molecule has 0 bridgehead atoms. The van der Waals surface area contributed by atoms with Gasteiger partial charge in [0, 0.05) is 68.4 Å². The maximum absolute atomic E-state index is 12.8. The van der Waals surface area contributed by atoms with E-state index >= 15 is 0 Å². The lowest BCUT2D eigenvalue weighted by Crippen LogP contribution is -2.48. The number of hydrogen-bond acceptors (Lipinski definition) is 5. The molecule has 136 valence electrons. The molecule has 9 heteroatoms. The third-order valence-corrected chi connectivity index (χ3v) is 5.89. The molecule has 1 fully saturated rings. The van der Waals surface area contributed by atoms with Crippen molar-refractivity contribution in [3.63, 3.8) is 0 Å². The van der Waals surface area contributed by atoms with Crippen molar-refractivity contribution < 1.29 is 4.79 Å². The maximum Gasteiger partial charge on any atom is 0.274 e. The van der Waals surface area contributed by atoms with Gasteiger partial charge in [-0.2, -0.15) is 5.10 Å². The molecule has 0 atom stereocenters. The van der Waals surface area contributed by atoms with Gasteiger partial charge in [0.25, 0.3) is 5.91 Å². The molecule has 0 unspecified atom stereocenters. The zero-order valence-corrected chi connectivity index (χ0v) is 16.1. The summed E-state index contributed by atoms with van der Waals surface area (Å²) in [5, 5.41) is 10.6. The lowest BCUT2D eigenvalue weighted by molar-refractivity contribution is 0.0622. The number of halogens is 2. The number of nitrogens with zero attached hydrogens (tertiary/aromatic N) is 3. The molecule has 6 nitrogen and oxygen atoms in total. The zero-order valence-electron chi connectivity index (χ0n) is 13.8. The van der Waals surface area contributed by atoms with Gasteiger partial charge in [-0.05, 0) is 12.1 Å². The van der Waals surface area contributed by atoms with Crippen molar-refractivity contribution >= 4 is 41.3 Å². The van der Waals surface area contributed by atoms with Crippen molar-refractivity contribution in [3.8, 4) is 0 Å². The van der Waals surface area contributed by atoms with Crippen molar-refractivity contribution in [3.05, 3.63) is 38.3 Å². The minimum Gasteiger partial charge on any atom is -0.335 e. The standard InChI is InChI=1S/C16H20ClN5OS.ClH/c17-14-2-1-11(24-14)10-21-5-7-22(8-6-21)16(23)15-12-9-18-4-3-13(12)19-20-15;/h1-2,18H,3-10H2,(H,19,20);1H. The Labute approximate surface area is 161 Å². The summed E-state index contributed by atoms with van der Waals surface area (Å²) in [5.41, 5.74) is 2.74. The molecule has 2 N–H and O–H groups in total. The third-order valence-electron chi connectivity index (χ3n) is 4.68. The first-order valence-corrected chi connectivity index (χ1v) is 9.43. The minimum absolute atomic E-state index is 0. The number of aromatic nitrogens is 2. The lowest BCUT2D eigenvalue weighted by Gasteiger charge is -2.34. The Morgan fingerprint density at radius 1 is 1.28 bits per heavy atom. The summed E-state index contributed by atoms with van der Waals surface area (Å²) in [7, 11) is 0. The Bertz CT molecular complexity index is 739. The molecule has 1 amide bonds. The van der Waals surface area contributed by atoms with E-state index in [4.69, 9.17) is 11.6 Å². The molecule has 1 saturated heterocycles. The smallest absolute Gasteiger partial charge is 0.274 e. The van der Waals surface area contributed by atoms with Crippen molar-refractivity contribution in [2.24, 2.45) is 0 Å². The van der Waals surface area contributed by atoms with E-state index in [9.17, 15) is 4.79 Å². The molecule has 2 aliphatic rings. The van der Waals surface area contributed by atoms with Gasteiger partial charge < -0.3 is 10.2 Å². The number of rotatable bonds is 3. The Balaban J connectivity index is 0.00000182. The lowest BCUT2D eigenvalue weighted by atomic mass is 10.1. The van der Waals surface area contributed by atoms with Crippen LogP contribution in [-0.2, 0) is 19.5 Å². The van der Waals surface area contributed by atoms with Gasteiger partial charge >= 0.3 is 0 Å². The van der Waals surface area contributed by atoms with Gasteiger partial charge in [-0.1, -0.05) is 11.6 Å². The van der Waals surface area contributed by atoms with Gasteiger partial charge in [-0.25, -0.2) is 0 Å². The van der Waals surface area contributed by atoms with E-state index in [-0.39, 0.29) is 18.3 Å². The number of thiophene rings is 1. The normalized spacial score (nSPS) is 17.9. The molecule has 2 aromatic heterocycles. The van der Waals surface area contributed by atoms with Crippen LogP contribution in [0.25, 0.3) is 0 Å². The second-order valence-corrected chi connectivity index (χ2v) is 8.03. The number of amides is 1. The first kappa shape index (κ1) is 18.7. The number of fused-ring (bicyclic) bond motifs is 1. The fourth-order valence-electron chi connectivity index (χ4n) is 3.32. The van der Waals surface area contributed by atoms with Crippen molar-refractivity contribution in [1.82, 2.24) is 25.3 Å². The zero-order chi connectivity index (χ0) is 16.5. The molecule has 4 rings (SSSR count). The van der Waals surface area contributed by atoms with Crippen LogP contribution in [0.1, 0.15) is 26.6 Å². The van der Waals surface area contributed by atoms with Gasteiger partial charge in [0.2, 0.25) is 0 Å². The first-order chi connectivity index (χ1) is 11.7. The van der Waals surface area contributed by atoms with Gasteiger partial charge in [0.15, 0.2) is 5.69 Å². The number of carbonyl (C=O) groups is 1. The predicted molar refractivity (Wildman–Crippen MR) is 102 cm³/mol. The van der Waals surface area contributed by atoms with Crippen LogP contribution in [0.3, 0.4) is 0 Å². The van der Waals surface area contributed by atoms with E-state index in [0.717, 1.165) is 67.8 Å². The van der Waals surface area contributed by atoms with Crippen molar-refractivity contribution in [2.75, 3.05) is 32.7 Å². The number of piperazine rings is 1. The predicted octanol–water partition coefficient (Wildman–Crippen LogP) is 2.15. The number of aromatic amines is 1. The molecular weight excluding hydrogens is 381 g/mol. The molecule has 0 aromatic carbocycles. The van der Waals surface area contributed by atoms with E-state index in [1.807, 2.05) is 11.0 Å². The molecule has 2 aliphatic heterocycles. The van der Waals surface area contributed by atoms with Crippen LogP contribution >= 0.6 is 35.3 Å². The average molecular weight is 402 g/mol. The summed E-state index contributed by atoms with van der Waals surface area (Å²) < 4.78 is 0.829.